The summed E-state index contributed by atoms with van der Waals surface area (Å²) in [4.78, 5) is 20.9. The molecule has 0 radical (unpaired) electrons. The van der Waals surface area contributed by atoms with Gasteiger partial charge in [-0.1, -0.05) is 6.92 Å². The van der Waals surface area contributed by atoms with Crippen LogP contribution in [0.3, 0.4) is 0 Å². The molecule has 0 saturated heterocycles. The zero-order valence-electron chi connectivity index (χ0n) is 10.2. The van der Waals surface area contributed by atoms with E-state index in [-0.39, 0.29) is 16.9 Å². The summed E-state index contributed by atoms with van der Waals surface area (Å²) in [5.74, 6) is 0. The molecule has 0 amide bonds. The Morgan fingerprint density at radius 1 is 0.882 bits per heavy atom. The van der Waals surface area contributed by atoms with Gasteiger partial charge < -0.3 is 0 Å². The highest BCUT2D eigenvalue weighted by atomic mass is 16.6. The topological polar surface area (TPSA) is 86.3 Å². The summed E-state index contributed by atoms with van der Waals surface area (Å²) in [5, 5.41) is 22.0. The highest BCUT2D eigenvalue weighted by molar-refractivity contribution is 5.65. The van der Waals surface area contributed by atoms with Crippen molar-refractivity contribution < 1.29 is 9.85 Å². The summed E-state index contributed by atoms with van der Waals surface area (Å²) in [6.45, 7) is 6.54. The van der Waals surface area contributed by atoms with E-state index in [9.17, 15) is 20.2 Å². The number of nitro benzene ring substituents is 2. The van der Waals surface area contributed by atoms with E-state index in [2.05, 4.69) is 0 Å². The van der Waals surface area contributed by atoms with Gasteiger partial charge in [-0.15, -0.1) is 0 Å². The molecule has 0 aliphatic heterocycles. The molecule has 0 fully saturated rings. The first-order chi connectivity index (χ1) is 7.82. The van der Waals surface area contributed by atoms with Crippen LogP contribution in [0.15, 0.2) is 0 Å². The monoisotopic (exact) mass is 238 g/mol. The second-order valence-corrected chi connectivity index (χ2v) is 3.92. The van der Waals surface area contributed by atoms with Gasteiger partial charge in [-0.05, 0) is 32.8 Å². The number of rotatable bonds is 3. The molecule has 0 unspecified atom stereocenters. The summed E-state index contributed by atoms with van der Waals surface area (Å²) in [7, 11) is 0. The number of nitrogens with zero attached hydrogens (tertiary/aromatic N) is 2. The lowest BCUT2D eigenvalue weighted by molar-refractivity contribution is -0.396. The van der Waals surface area contributed by atoms with E-state index in [1.54, 1.807) is 13.8 Å². The van der Waals surface area contributed by atoms with Crippen LogP contribution >= 0.6 is 0 Å². The van der Waals surface area contributed by atoms with Gasteiger partial charge >= 0.3 is 0 Å². The maximum Gasteiger partial charge on any atom is 0.282 e. The molecule has 0 aliphatic carbocycles. The van der Waals surface area contributed by atoms with Crippen LogP contribution in [0.2, 0.25) is 0 Å². The Labute approximate surface area is 98.6 Å². The third-order valence-corrected chi connectivity index (χ3v) is 3.04. The van der Waals surface area contributed by atoms with Crippen molar-refractivity contribution >= 4 is 11.4 Å². The number of hydrogen-bond acceptors (Lipinski definition) is 4. The Bertz CT molecular complexity index is 468. The maximum atomic E-state index is 11.0. The van der Waals surface area contributed by atoms with Crippen molar-refractivity contribution in [2.24, 2.45) is 0 Å². The summed E-state index contributed by atoms with van der Waals surface area (Å²) in [6.07, 6.45) is 0.541. The van der Waals surface area contributed by atoms with Crippen molar-refractivity contribution in [2.75, 3.05) is 0 Å². The molecule has 0 atom stereocenters. The number of nitro groups is 2. The standard InChI is InChI=1S/C11H14N2O4/c1-5-9-6(2)10(12(14)15)8(4)11(7(9)3)13(16)17/h5H2,1-4H3. The molecular weight excluding hydrogens is 224 g/mol. The van der Waals surface area contributed by atoms with Crippen LogP contribution in [-0.2, 0) is 6.42 Å². The summed E-state index contributed by atoms with van der Waals surface area (Å²) in [6, 6.07) is 0. The third kappa shape index (κ3) is 1.98. The van der Waals surface area contributed by atoms with Gasteiger partial charge in [-0.2, -0.15) is 0 Å². The van der Waals surface area contributed by atoms with Gasteiger partial charge in [-0.3, -0.25) is 20.2 Å². The molecule has 6 nitrogen and oxygen atoms in total. The average Bonchev–Trinajstić information content (AvgIpc) is 2.16. The fourth-order valence-electron chi connectivity index (χ4n) is 2.32. The van der Waals surface area contributed by atoms with E-state index >= 15 is 0 Å². The first-order valence-electron chi connectivity index (χ1n) is 5.24. The highest BCUT2D eigenvalue weighted by Crippen LogP contribution is 2.37. The molecule has 1 rings (SSSR count). The smallest absolute Gasteiger partial charge is 0.258 e. The van der Waals surface area contributed by atoms with Crippen molar-refractivity contribution in [3.8, 4) is 0 Å². The first kappa shape index (κ1) is 13.1. The Hall–Kier alpha value is -1.98. The molecule has 6 heteroatoms. The molecule has 0 aromatic heterocycles. The van der Waals surface area contributed by atoms with E-state index in [1.165, 1.54) is 6.92 Å². The van der Waals surface area contributed by atoms with Crippen LogP contribution in [0.1, 0.15) is 29.2 Å². The Morgan fingerprint density at radius 2 is 1.24 bits per heavy atom. The third-order valence-electron chi connectivity index (χ3n) is 3.04. The molecule has 92 valence electrons. The second-order valence-electron chi connectivity index (χ2n) is 3.92. The maximum absolute atomic E-state index is 11.0. The van der Waals surface area contributed by atoms with Crippen molar-refractivity contribution in [3.05, 3.63) is 42.5 Å². The van der Waals surface area contributed by atoms with E-state index in [1.807, 2.05) is 6.92 Å². The Morgan fingerprint density at radius 3 is 1.47 bits per heavy atom. The molecule has 0 aliphatic rings. The summed E-state index contributed by atoms with van der Waals surface area (Å²) in [5.41, 5.74) is 1.59. The SMILES string of the molecule is CCc1c(C)c([N+](=O)[O-])c(C)c([N+](=O)[O-])c1C. The summed E-state index contributed by atoms with van der Waals surface area (Å²) >= 11 is 0. The van der Waals surface area contributed by atoms with Crippen molar-refractivity contribution in [2.45, 2.75) is 34.1 Å². The first-order valence-corrected chi connectivity index (χ1v) is 5.24. The Kier molecular flexibility index (Phi) is 3.45. The molecule has 0 saturated carbocycles. The lowest BCUT2D eigenvalue weighted by atomic mass is 9.93. The molecule has 0 N–H and O–H groups in total. The van der Waals surface area contributed by atoms with E-state index in [0.717, 1.165) is 0 Å². The highest BCUT2D eigenvalue weighted by Gasteiger charge is 2.29. The van der Waals surface area contributed by atoms with Crippen molar-refractivity contribution in [1.29, 1.82) is 0 Å². The zero-order chi connectivity index (χ0) is 13.3. The normalized spacial score (nSPS) is 10.4. The Balaban J connectivity index is 3.82. The predicted octanol–water partition coefficient (Wildman–Crippen LogP) is 2.99. The van der Waals surface area contributed by atoms with E-state index in [0.29, 0.717) is 23.1 Å². The molecule has 0 spiro atoms. The average molecular weight is 238 g/mol. The molecule has 0 heterocycles. The lowest BCUT2D eigenvalue weighted by Gasteiger charge is -2.11. The van der Waals surface area contributed by atoms with Gasteiger partial charge in [0.25, 0.3) is 11.4 Å². The van der Waals surface area contributed by atoms with Gasteiger partial charge in [-0.25, -0.2) is 0 Å². The quantitative estimate of drug-likeness (QED) is 0.598. The molecule has 1 aromatic rings. The van der Waals surface area contributed by atoms with Crippen LogP contribution in [0.5, 0.6) is 0 Å². The molecular formula is C11H14N2O4. The van der Waals surface area contributed by atoms with Crippen LogP contribution in [-0.4, -0.2) is 9.85 Å². The van der Waals surface area contributed by atoms with Gasteiger partial charge in [0.15, 0.2) is 0 Å². The van der Waals surface area contributed by atoms with Gasteiger partial charge in [0.05, 0.1) is 9.85 Å². The van der Waals surface area contributed by atoms with Crippen molar-refractivity contribution in [3.63, 3.8) is 0 Å². The molecule has 17 heavy (non-hydrogen) atoms. The number of hydrogen-bond donors (Lipinski definition) is 0. The van der Waals surface area contributed by atoms with E-state index in [4.69, 9.17) is 0 Å². The van der Waals surface area contributed by atoms with Crippen LogP contribution < -0.4 is 0 Å². The van der Waals surface area contributed by atoms with E-state index < -0.39 is 9.85 Å². The molecule has 1 aromatic carbocycles. The van der Waals surface area contributed by atoms with Gasteiger partial charge in [0, 0.05) is 11.1 Å². The second kappa shape index (κ2) is 4.48. The van der Waals surface area contributed by atoms with Crippen LogP contribution in [0.25, 0.3) is 0 Å². The number of benzene rings is 1. The minimum atomic E-state index is -0.545. The minimum absolute atomic E-state index is 0.132. The van der Waals surface area contributed by atoms with Gasteiger partial charge in [0.2, 0.25) is 0 Å². The fourth-order valence-corrected chi connectivity index (χ4v) is 2.32. The minimum Gasteiger partial charge on any atom is -0.258 e. The zero-order valence-corrected chi connectivity index (χ0v) is 10.2. The largest absolute Gasteiger partial charge is 0.282 e. The van der Waals surface area contributed by atoms with Crippen LogP contribution in [0, 0.1) is 41.0 Å². The lowest BCUT2D eigenvalue weighted by Crippen LogP contribution is -2.06. The fraction of sp³-hybridized carbons (Fsp3) is 0.455. The molecule has 0 bridgehead atoms. The predicted molar refractivity (Wildman–Crippen MR) is 63.3 cm³/mol. The van der Waals surface area contributed by atoms with Crippen LogP contribution in [0.4, 0.5) is 11.4 Å². The van der Waals surface area contributed by atoms with Gasteiger partial charge in [0.1, 0.15) is 5.56 Å². The summed E-state index contributed by atoms with van der Waals surface area (Å²) < 4.78 is 0. The van der Waals surface area contributed by atoms with Crippen molar-refractivity contribution in [1.82, 2.24) is 0 Å².